The number of rotatable bonds is 7. The number of nitrogens with one attached hydrogen (secondary N) is 1. The maximum atomic E-state index is 12.8. The molecular formula is C17H22N2O4. The van der Waals surface area contributed by atoms with Gasteiger partial charge in [-0.3, -0.25) is 14.5 Å². The Morgan fingerprint density at radius 1 is 1.22 bits per heavy atom. The van der Waals surface area contributed by atoms with Crippen molar-refractivity contribution in [2.24, 2.45) is 0 Å². The molecule has 3 amide bonds. The third kappa shape index (κ3) is 3.36. The lowest BCUT2D eigenvalue weighted by Gasteiger charge is -2.25. The van der Waals surface area contributed by atoms with Crippen molar-refractivity contribution in [2.45, 2.75) is 38.6 Å². The molecule has 0 radical (unpaired) electrons. The van der Waals surface area contributed by atoms with Gasteiger partial charge in [0.05, 0.1) is 6.61 Å². The van der Waals surface area contributed by atoms with Crippen molar-refractivity contribution in [1.82, 2.24) is 10.2 Å². The van der Waals surface area contributed by atoms with E-state index in [0.717, 1.165) is 17.7 Å². The third-order valence-electron chi connectivity index (χ3n) is 4.02. The minimum absolute atomic E-state index is 0.302. The van der Waals surface area contributed by atoms with Crippen molar-refractivity contribution >= 4 is 17.9 Å². The number of benzene rings is 1. The molecule has 0 aliphatic carbocycles. The van der Waals surface area contributed by atoms with Gasteiger partial charge in [-0.25, -0.2) is 4.79 Å². The van der Waals surface area contributed by atoms with Crippen LogP contribution in [-0.4, -0.2) is 36.0 Å². The van der Waals surface area contributed by atoms with Crippen molar-refractivity contribution in [3.8, 4) is 0 Å². The number of carbonyl (C=O) groups excluding carboxylic acids is 3. The molecule has 124 valence electrons. The van der Waals surface area contributed by atoms with Crippen LogP contribution in [0, 0.1) is 0 Å². The first kappa shape index (κ1) is 17.0. The zero-order chi connectivity index (χ0) is 16.9. The second-order valence-corrected chi connectivity index (χ2v) is 5.52. The predicted octanol–water partition coefficient (Wildman–Crippen LogP) is 2.19. The van der Waals surface area contributed by atoms with Crippen LogP contribution in [0.1, 0.15) is 38.7 Å². The monoisotopic (exact) mass is 318 g/mol. The quantitative estimate of drug-likeness (QED) is 0.475. The minimum atomic E-state index is -1.11. The van der Waals surface area contributed by atoms with Crippen LogP contribution in [0.5, 0.6) is 0 Å². The first-order valence-corrected chi connectivity index (χ1v) is 7.90. The Morgan fingerprint density at radius 2 is 1.91 bits per heavy atom. The molecule has 1 aliphatic heterocycles. The normalized spacial score (nSPS) is 20.5. The van der Waals surface area contributed by atoms with Crippen LogP contribution in [0.25, 0.3) is 0 Å². The van der Waals surface area contributed by atoms with E-state index in [2.05, 4.69) is 5.32 Å². The van der Waals surface area contributed by atoms with Crippen LogP contribution in [0.15, 0.2) is 30.3 Å². The summed E-state index contributed by atoms with van der Waals surface area (Å²) in [6.07, 6.45) is 2.07. The van der Waals surface area contributed by atoms with E-state index in [-0.39, 0.29) is 6.54 Å². The molecule has 6 nitrogen and oxygen atoms in total. The number of hydrogen-bond acceptors (Lipinski definition) is 4. The molecule has 23 heavy (non-hydrogen) atoms. The SMILES string of the molecule is CCCCOC(=O)CN1C(=O)N[C@@](CC)(c2ccccc2)C1=O. The molecule has 1 saturated heterocycles. The summed E-state index contributed by atoms with van der Waals surface area (Å²) in [4.78, 5) is 37.7. The highest BCUT2D eigenvalue weighted by atomic mass is 16.5. The van der Waals surface area contributed by atoms with Gasteiger partial charge in [-0.15, -0.1) is 0 Å². The smallest absolute Gasteiger partial charge is 0.326 e. The van der Waals surface area contributed by atoms with Crippen molar-refractivity contribution in [2.75, 3.05) is 13.2 Å². The van der Waals surface area contributed by atoms with Gasteiger partial charge >= 0.3 is 12.0 Å². The zero-order valence-corrected chi connectivity index (χ0v) is 13.5. The Hall–Kier alpha value is -2.37. The van der Waals surface area contributed by atoms with Crippen molar-refractivity contribution in [3.63, 3.8) is 0 Å². The summed E-state index contributed by atoms with van der Waals surface area (Å²) in [5.74, 6) is -0.981. The summed E-state index contributed by atoms with van der Waals surface area (Å²) < 4.78 is 5.04. The average Bonchev–Trinajstić information content (AvgIpc) is 2.81. The number of hydrogen-bond donors (Lipinski definition) is 1. The molecule has 1 N–H and O–H groups in total. The highest BCUT2D eigenvalue weighted by Gasteiger charge is 2.51. The molecule has 2 rings (SSSR count). The first-order chi connectivity index (χ1) is 11.0. The summed E-state index contributed by atoms with van der Waals surface area (Å²) in [5.41, 5.74) is -0.398. The lowest BCUT2D eigenvalue weighted by molar-refractivity contribution is -0.148. The summed E-state index contributed by atoms with van der Waals surface area (Å²) in [6, 6.07) is 8.50. The van der Waals surface area contributed by atoms with Crippen LogP contribution in [0.2, 0.25) is 0 Å². The van der Waals surface area contributed by atoms with Gasteiger partial charge < -0.3 is 10.1 Å². The van der Waals surface area contributed by atoms with Gasteiger partial charge in [0.15, 0.2) is 0 Å². The standard InChI is InChI=1S/C17H22N2O4/c1-3-5-11-23-14(20)12-19-15(21)17(4-2,18-16(19)22)13-9-7-6-8-10-13/h6-10H,3-5,11-12H2,1-2H3,(H,18,22)/t17-/m0/s1. The molecule has 0 spiro atoms. The summed E-state index contributed by atoms with van der Waals surface area (Å²) in [5, 5.41) is 2.74. The number of urea groups is 1. The van der Waals surface area contributed by atoms with E-state index in [1.54, 1.807) is 12.1 Å². The van der Waals surface area contributed by atoms with Crippen LogP contribution < -0.4 is 5.32 Å². The van der Waals surface area contributed by atoms with Crippen LogP contribution in [0.3, 0.4) is 0 Å². The molecule has 0 bridgehead atoms. The van der Waals surface area contributed by atoms with E-state index in [9.17, 15) is 14.4 Å². The van der Waals surface area contributed by atoms with E-state index < -0.39 is 23.4 Å². The molecule has 1 aliphatic rings. The highest BCUT2D eigenvalue weighted by Crippen LogP contribution is 2.32. The third-order valence-corrected chi connectivity index (χ3v) is 4.02. The number of nitrogens with zero attached hydrogens (tertiary/aromatic N) is 1. The fourth-order valence-corrected chi connectivity index (χ4v) is 2.64. The maximum absolute atomic E-state index is 12.8. The summed E-state index contributed by atoms with van der Waals surface area (Å²) in [6.45, 7) is 3.76. The van der Waals surface area contributed by atoms with Gasteiger partial charge in [-0.1, -0.05) is 50.6 Å². The fourth-order valence-electron chi connectivity index (χ4n) is 2.64. The number of esters is 1. The van der Waals surface area contributed by atoms with E-state index in [1.807, 2.05) is 32.0 Å². The van der Waals surface area contributed by atoms with Gasteiger partial charge in [-0.2, -0.15) is 0 Å². The van der Waals surface area contributed by atoms with Crippen molar-refractivity contribution in [1.29, 1.82) is 0 Å². The summed E-state index contributed by atoms with van der Waals surface area (Å²) >= 11 is 0. The van der Waals surface area contributed by atoms with Crippen molar-refractivity contribution in [3.05, 3.63) is 35.9 Å². The van der Waals surface area contributed by atoms with E-state index >= 15 is 0 Å². The second-order valence-electron chi connectivity index (χ2n) is 5.52. The van der Waals surface area contributed by atoms with Gasteiger partial charge in [-0.05, 0) is 18.4 Å². The van der Waals surface area contributed by atoms with Crippen molar-refractivity contribution < 1.29 is 19.1 Å². The number of unbranched alkanes of at least 4 members (excludes halogenated alkanes) is 1. The molecule has 1 aromatic carbocycles. The minimum Gasteiger partial charge on any atom is -0.464 e. The van der Waals surface area contributed by atoms with Gasteiger partial charge in [0, 0.05) is 0 Å². The van der Waals surface area contributed by atoms with E-state index in [0.29, 0.717) is 18.6 Å². The Bertz CT molecular complexity index is 588. The average molecular weight is 318 g/mol. The Morgan fingerprint density at radius 3 is 2.52 bits per heavy atom. The molecule has 0 aromatic heterocycles. The van der Waals surface area contributed by atoms with E-state index in [1.165, 1.54) is 0 Å². The molecule has 0 unspecified atom stereocenters. The topological polar surface area (TPSA) is 75.7 Å². The number of imide groups is 1. The molecular weight excluding hydrogens is 296 g/mol. The molecule has 1 aromatic rings. The number of amides is 3. The molecule has 1 fully saturated rings. The van der Waals surface area contributed by atoms with Gasteiger partial charge in [0.1, 0.15) is 12.1 Å². The largest absolute Gasteiger partial charge is 0.464 e. The van der Waals surface area contributed by atoms with E-state index in [4.69, 9.17) is 4.74 Å². The fraction of sp³-hybridized carbons (Fsp3) is 0.471. The number of ether oxygens (including phenoxy) is 1. The van der Waals surface area contributed by atoms with Gasteiger partial charge in [0.2, 0.25) is 0 Å². The molecule has 1 atom stereocenters. The maximum Gasteiger partial charge on any atom is 0.326 e. The van der Waals surface area contributed by atoms with Crippen LogP contribution in [0.4, 0.5) is 4.79 Å². The zero-order valence-electron chi connectivity index (χ0n) is 13.5. The van der Waals surface area contributed by atoms with Crippen LogP contribution in [-0.2, 0) is 19.9 Å². The summed E-state index contributed by atoms with van der Waals surface area (Å²) in [7, 11) is 0. The molecule has 6 heteroatoms. The lowest BCUT2D eigenvalue weighted by Crippen LogP contribution is -2.44. The Labute approximate surface area is 135 Å². The molecule has 1 heterocycles. The number of carbonyl (C=O) groups is 3. The Balaban J connectivity index is 2.14. The molecule has 0 saturated carbocycles. The lowest BCUT2D eigenvalue weighted by atomic mass is 9.87. The predicted molar refractivity (Wildman–Crippen MR) is 84.5 cm³/mol. The van der Waals surface area contributed by atoms with Crippen LogP contribution >= 0.6 is 0 Å². The van der Waals surface area contributed by atoms with Gasteiger partial charge in [0.25, 0.3) is 5.91 Å². The Kier molecular flexibility index (Phi) is 5.36. The second kappa shape index (κ2) is 7.26. The highest BCUT2D eigenvalue weighted by molar-refractivity contribution is 6.09. The first-order valence-electron chi connectivity index (χ1n) is 7.90.